The fourth-order valence-electron chi connectivity index (χ4n) is 2.17. The Morgan fingerprint density at radius 2 is 2.33 bits per heavy atom. The summed E-state index contributed by atoms with van der Waals surface area (Å²) < 4.78 is 29.6. The largest absolute Gasteiger partial charge is 0.489 e. The van der Waals surface area contributed by atoms with E-state index in [0.717, 1.165) is 0 Å². The number of carbonyl (C=O) groups excluding carboxylic acids is 1. The number of hydrogen-bond donors (Lipinski definition) is 0. The molecule has 0 spiro atoms. The Morgan fingerprint density at radius 1 is 1.57 bits per heavy atom. The predicted molar refractivity (Wildman–Crippen MR) is 77.0 cm³/mol. The number of anilines is 1. The fourth-order valence-corrected chi connectivity index (χ4v) is 2.37. The van der Waals surface area contributed by atoms with Gasteiger partial charge in [0.2, 0.25) is 0 Å². The molecule has 1 heterocycles. The van der Waals surface area contributed by atoms with Crippen molar-refractivity contribution in [1.29, 1.82) is 0 Å². The van der Waals surface area contributed by atoms with Gasteiger partial charge in [-0.25, -0.2) is 9.18 Å². The molecule has 0 unspecified atom stereocenters. The number of rotatable bonds is 5. The van der Waals surface area contributed by atoms with Gasteiger partial charge in [0.25, 0.3) is 0 Å². The lowest BCUT2D eigenvalue weighted by Gasteiger charge is -2.32. The molecule has 0 saturated carbocycles. The van der Waals surface area contributed by atoms with Crippen LogP contribution >= 0.6 is 11.6 Å². The van der Waals surface area contributed by atoms with Crippen molar-refractivity contribution in [3.63, 3.8) is 0 Å². The molecule has 0 saturated heterocycles. The second-order valence-corrected chi connectivity index (χ2v) is 4.85. The van der Waals surface area contributed by atoms with Crippen molar-refractivity contribution in [2.24, 2.45) is 0 Å². The van der Waals surface area contributed by atoms with Crippen LogP contribution in [0.25, 0.3) is 0 Å². The van der Waals surface area contributed by atoms with Gasteiger partial charge in [-0.3, -0.25) is 0 Å². The molecule has 2 rings (SSSR count). The van der Waals surface area contributed by atoms with Crippen molar-refractivity contribution in [2.75, 3.05) is 44.9 Å². The topological polar surface area (TPSA) is 48.0 Å². The number of methoxy groups -OCH3 is 1. The highest BCUT2D eigenvalue weighted by Gasteiger charge is 2.30. The number of carbonyl (C=O) groups is 1. The highest BCUT2D eigenvalue weighted by molar-refractivity contribution is 6.31. The van der Waals surface area contributed by atoms with Crippen molar-refractivity contribution in [2.45, 2.75) is 6.92 Å². The Bertz CT molecular complexity index is 538. The van der Waals surface area contributed by atoms with Gasteiger partial charge in [-0.05, 0) is 13.0 Å². The van der Waals surface area contributed by atoms with Crippen LogP contribution in [0.5, 0.6) is 5.75 Å². The van der Waals surface area contributed by atoms with E-state index in [1.165, 1.54) is 6.07 Å². The lowest BCUT2D eigenvalue weighted by molar-refractivity contribution is 0.0515. The SMILES string of the molecule is CCOC(=O)c1c(F)c(Cl)cc2c1OCCN2CCOC. The molecule has 0 fully saturated rings. The average molecular weight is 318 g/mol. The van der Waals surface area contributed by atoms with Gasteiger partial charge in [0.05, 0.1) is 30.5 Å². The smallest absolute Gasteiger partial charge is 0.345 e. The van der Waals surface area contributed by atoms with Crippen molar-refractivity contribution in [3.8, 4) is 5.75 Å². The molecule has 1 aromatic carbocycles. The minimum Gasteiger partial charge on any atom is -0.489 e. The third-order valence-corrected chi connectivity index (χ3v) is 3.42. The second kappa shape index (κ2) is 6.95. The molecule has 0 aliphatic carbocycles. The monoisotopic (exact) mass is 317 g/mol. The van der Waals surface area contributed by atoms with E-state index in [0.29, 0.717) is 32.0 Å². The molecule has 1 aliphatic rings. The molecule has 0 bridgehead atoms. The number of esters is 1. The zero-order valence-electron chi connectivity index (χ0n) is 11.9. The van der Waals surface area contributed by atoms with Crippen molar-refractivity contribution in [3.05, 3.63) is 22.5 Å². The summed E-state index contributed by atoms with van der Waals surface area (Å²) in [5, 5.41) is -0.135. The summed E-state index contributed by atoms with van der Waals surface area (Å²) in [7, 11) is 1.60. The number of hydrogen-bond acceptors (Lipinski definition) is 5. The number of nitrogens with zero attached hydrogens (tertiary/aromatic N) is 1. The molecule has 0 N–H and O–H groups in total. The first kappa shape index (κ1) is 15.9. The molecule has 1 aliphatic heterocycles. The Labute approximate surface area is 127 Å². The maximum Gasteiger partial charge on any atom is 0.345 e. The zero-order chi connectivity index (χ0) is 15.4. The maximum absolute atomic E-state index is 14.2. The first-order valence-electron chi connectivity index (χ1n) is 6.66. The number of fused-ring (bicyclic) bond motifs is 1. The van der Waals surface area contributed by atoms with E-state index in [1.54, 1.807) is 14.0 Å². The van der Waals surface area contributed by atoms with Gasteiger partial charge in [0, 0.05) is 13.7 Å². The van der Waals surface area contributed by atoms with Crippen LogP contribution in [0, 0.1) is 5.82 Å². The Balaban J connectivity index is 2.46. The molecule has 1 aromatic rings. The molecule has 0 atom stereocenters. The predicted octanol–water partition coefficient (Wildman–Crippen LogP) is 2.50. The van der Waals surface area contributed by atoms with Gasteiger partial charge < -0.3 is 19.1 Å². The van der Waals surface area contributed by atoms with Crippen LogP contribution in [0.4, 0.5) is 10.1 Å². The van der Waals surface area contributed by atoms with Gasteiger partial charge in [-0.1, -0.05) is 11.6 Å². The van der Waals surface area contributed by atoms with E-state index < -0.39 is 11.8 Å². The minimum atomic E-state index is -0.817. The molecular weight excluding hydrogens is 301 g/mol. The van der Waals surface area contributed by atoms with E-state index in [4.69, 9.17) is 25.8 Å². The van der Waals surface area contributed by atoms with Gasteiger partial charge in [-0.2, -0.15) is 0 Å². The highest BCUT2D eigenvalue weighted by Crippen LogP contribution is 2.40. The number of ether oxygens (including phenoxy) is 3. The summed E-state index contributed by atoms with van der Waals surface area (Å²) in [6.07, 6.45) is 0. The Kier molecular flexibility index (Phi) is 5.25. The third-order valence-electron chi connectivity index (χ3n) is 3.15. The number of halogens is 2. The van der Waals surface area contributed by atoms with Crippen molar-refractivity contribution < 1.29 is 23.4 Å². The van der Waals surface area contributed by atoms with Crippen LogP contribution in [-0.4, -0.2) is 46.0 Å². The van der Waals surface area contributed by atoms with Gasteiger partial charge in [0.15, 0.2) is 11.6 Å². The summed E-state index contributed by atoms with van der Waals surface area (Å²) in [6.45, 7) is 3.86. The lowest BCUT2D eigenvalue weighted by Crippen LogP contribution is -2.36. The van der Waals surface area contributed by atoms with Gasteiger partial charge in [-0.15, -0.1) is 0 Å². The summed E-state index contributed by atoms with van der Waals surface area (Å²) in [5.74, 6) is -1.41. The first-order valence-corrected chi connectivity index (χ1v) is 7.03. The molecule has 7 heteroatoms. The molecule has 5 nitrogen and oxygen atoms in total. The maximum atomic E-state index is 14.2. The van der Waals surface area contributed by atoms with Crippen LogP contribution < -0.4 is 9.64 Å². The number of benzene rings is 1. The Morgan fingerprint density at radius 3 is 3.00 bits per heavy atom. The molecule has 0 amide bonds. The first-order chi connectivity index (χ1) is 10.1. The zero-order valence-corrected chi connectivity index (χ0v) is 12.7. The van der Waals surface area contributed by atoms with Crippen LogP contribution in [-0.2, 0) is 9.47 Å². The average Bonchev–Trinajstić information content (AvgIpc) is 2.46. The fraction of sp³-hybridized carbons (Fsp3) is 0.500. The van der Waals surface area contributed by atoms with E-state index in [9.17, 15) is 9.18 Å². The molecule has 0 radical (unpaired) electrons. The Hall–Kier alpha value is -1.53. The molecule has 21 heavy (non-hydrogen) atoms. The van der Waals surface area contributed by atoms with Crippen molar-refractivity contribution in [1.82, 2.24) is 0 Å². The van der Waals surface area contributed by atoms with E-state index >= 15 is 0 Å². The molecule has 116 valence electrons. The summed E-state index contributed by atoms with van der Waals surface area (Å²) in [6, 6.07) is 1.46. The standard InChI is InChI=1S/C14H17ClFNO4/c1-3-20-14(18)11-12(16)9(15)8-10-13(11)21-7-5-17(10)4-6-19-2/h8H,3-7H2,1-2H3. The lowest BCUT2D eigenvalue weighted by atomic mass is 10.1. The second-order valence-electron chi connectivity index (χ2n) is 4.44. The highest BCUT2D eigenvalue weighted by atomic mass is 35.5. The summed E-state index contributed by atoms with van der Waals surface area (Å²) in [5.41, 5.74) is 0.328. The van der Waals surface area contributed by atoms with Crippen molar-refractivity contribution >= 4 is 23.3 Å². The van der Waals surface area contributed by atoms with E-state index in [1.807, 2.05) is 4.90 Å². The van der Waals surface area contributed by atoms with Crippen LogP contribution in [0.3, 0.4) is 0 Å². The van der Waals surface area contributed by atoms with Crippen LogP contribution in [0.15, 0.2) is 6.07 Å². The van der Waals surface area contributed by atoms with Crippen LogP contribution in [0.2, 0.25) is 5.02 Å². The molecular formula is C14H17ClFNO4. The summed E-state index contributed by atoms with van der Waals surface area (Å²) in [4.78, 5) is 13.9. The van der Waals surface area contributed by atoms with Gasteiger partial charge in [0.1, 0.15) is 12.2 Å². The quantitative estimate of drug-likeness (QED) is 0.781. The minimum absolute atomic E-state index is 0.135. The van der Waals surface area contributed by atoms with E-state index in [-0.39, 0.29) is 22.9 Å². The summed E-state index contributed by atoms with van der Waals surface area (Å²) >= 11 is 5.90. The van der Waals surface area contributed by atoms with Crippen LogP contribution in [0.1, 0.15) is 17.3 Å². The van der Waals surface area contributed by atoms with Gasteiger partial charge >= 0.3 is 5.97 Å². The molecule has 0 aromatic heterocycles. The third kappa shape index (κ3) is 3.22. The van der Waals surface area contributed by atoms with E-state index in [2.05, 4.69) is 0 Å². The normalized spacial score (nSPS) is 13.6.